The van der Waals surface area contributed by atoms with Gasteiger partial charge in [0.25, 0.3) is 5.91 Å². The van der Waals surface area contributed by atoms with Crippen LogP contribution in [-0.2, 0) is 6.42 Å². The normalized spacial score (nSPS) is 10.6. The molecule has 3 aromatic rings. The molecule has 0 aliphatic heterocycles. The molecule has 2 N–H and O–H groups in total. The number of hydrogen-bond donors (Lipinski definition) is 2. The summed E-state index contributed by atoms with van der Waals surface area (Å²) in [6, 6.07) is 13.4. The first-order valence-corrected chi connectivity index (χ1v) is 7.64. The van der Waals surface area contributed by atoms with Crippen molar-refractivity contribution < 1.29 is 9.18 Å². The Balaban J connectivity index is 1.56. The molecule has 0 spiro atoms. The van der Waals surface area contributed by atoms with Crippen molar-refractivity contribution in [2.24, 2.45) is 0 Å². The van der Waals surface area contributed by atoms with Crippen LogP contribution in [0.4, 0.5) is 4.39 Å². The molecule has 0 saturated heterocycles. The Kier molecular flexibility index (Phi) is 4.65. The number of nitrogens with zero attached hydrogens (tertiary/aromatic N) is 2. The SMILES string of the molecule is Cc1cccc(C(=O)NCCc2nc(-c3ccc(F)cc3)n[nH]2)c1. The first-order chi connectivity index (χ1) is 11.6. The van der Waals surface area contributed by atoms with Crippen LogP contribution in [0.3, 0.4) is 0 Å². The Morgan fingerprint density at radius 1 is 1.21 bits per heavy atom. The van der Waals surface area contributed by atoms with Crippen molar-refractivity contribution >= 4 is 5.91 Å². The van der Waals surface area contributed by atoms with E-state index in [4.69, 9.17) is 0 Å². The molecular formula is C18H17FN4O. The van der Waals surface area contributed by atoms with Crippen LogP contribution >= 0.6 is 0 Å². The highest BCUT2D eigenvalue weighted by Crippen LogP contribution is 2.14. The Hall–Kier alpha value is -3.02. The molecule has 0 bridgehead atoms. The molecule has 0 atom stereocenters. The highest BCUT2D eigenvalue weighted by Gasteiger charge is 2.08. The van der Waals surface area contributed by atoms with E-state index in [1.165, 1.54) is 12.1 Å². The van der Waals surface area contributed by atoms with Crippen LogP contribution < -0.4 is 5.32 Å². The topological polar surface area (TPSA) is 70.7 Å². The van der Waals surface area contributed by atoms with Gasteiger partial charge in [0.05, 0.1) is 0 Å². The molecule has 0 fully saturated rings. The van der Waals surface area contributed by atoms with Crippen molar-refractivity contribution in [3.8, 4) is 11.4 Å². The van der Waals surface area contributed by atoms with Gasteiger partial charge in [0.2, 0.25) is 0 Å². The average Bonchev–Trinajstić information content (AvgIpc) is 3.04. The number of H-pyrrole nitrogens is 1. The molecule has 122 valence electrons. The molecular weight excluding hydrogens is 307 g/mol. The maximum atomic E-state index is 12.9. The summed E-state index contributed by atoms with van der Waals surface area (Å²) in [5, 5.41) is 9.80. The summed E-state index contributed by atoms with van der Waals surface area (Å²) in [6.07, 6.45) is 0.533. The van der Waals surface area contributed by atoms with Gasteiger partial charge in [-0.15, -0.1) is 0 Å². The minimum atomic E-state index is -0.298. The van der Waals surface area contributed by atoms with Crippen LogP contribution in [0.15, 0.2) is 48.5 Å². The number of aromatic nitrogens is 3. The number of halogens is 1. The highest BCUT2D eigenvalue weighted by molar-refractivity contribution is 5.94. The van der Waals surface area contributed by atoms with E-state index in [0.717, 1.165) is 11.1 Å². The molecule has 24 heavy (non-hydrogen) atoms. The maximum Gasteiger partial charge on any atom is 0.251 e. The first kappa shape index (κ1) is 15.9. The number of nitrogens with one attached hydrogen (secondary N) is 2. The van der Waals surface area contributed by atoms with Crippen LogP contribution in [0.1, 0.15) is 21.7 Å². The number of amides is 1. The summed E-state index contributed by atoms with van der Waals surface area (Å²) in [4.78, 5) is 16.4. The highest BCUT2D eigenvalue weighted by atomic mass is 19.1. The quantitative estimate of drug-likeness (QED) is 0.758. The molecule has 1 aromatic heterocycles. The lowest BCUT2D eigenvalue weighted by molar-refractivity contribution is 0.0954. The van der Waals surface area contributed by atoms with Gasteiger partial charge >= 0.3 is 0 Å². The lowest BCUT2D eigenvalue weighted by atomic mass is 10.1. The number of carbonyl (C=O) groups excluding carboxylic acids is 1. The van der Waals surface area contributed by atoms with Gasteiger partial charge in [0, 0.05) is 24.1 Å². The van der Waals surface area contributed by atoms with E-state index in [2.05, 4.69) is 20.5 Å². The molecule has 0 unspecified atom stereocenters. The second kappa shape index (κ2) is 7.04. The third-order valence-electron chi connectivity index (χ3n) is 3.56. The number of carbonyl (C=O) groups is 1. The van der Waals surface area contributed by atoms with E-state index >= 15 is 0 Å². The Labute approximate surface area is 138 Å². The van der Waals surface area contributed by atoms with Crippen molar-refractivity contribution in [3.63, 3.8) is 0 Å². The standard InChI is InChI=1S/C18H17FN4O/c1-12-3-2-4-14(11-12)18(24)20-10-9-16-21-17(23-22-16)13-5-7-15(19)8-6-13/h2-8,11H,9-10H2,1H3,(H,20,24)(H,21,22,23). The Morgan fingerprint density at radius 2 is 2.00 bits per heavy atom. The van der Waals surface area contributed by atoms with Gasteiger partial charge in [-0.25, -0.2) is 9.37 Å². The monoisotopic (exact) mass is 324 g/mol. The molecule has 0 radical (unpaired) electrons. The average molecular weight is 324 g/mol. The number of rotatable bonds is 5. The van der Waals surface area contributed by atoms with Gasteiger partial charge in [-0.2, -0.15) is 5.10 Å². The number of aryl methyl sites for hydroxylation is 1. The Morgan fingerprint density at radius 3 is 2.75 bits per heavy atom. The smallest absolute Gasteiger partial charge is 0.251 e. The Bertz CT molecular complexity index is 842. The third kappa shape index (κ3) is 3.84. The zero-order valence-electron chi connectivity index (χ0n) is 13.2. The fourth-order valence-electron chi connectivity index (χ4n) is 2.32. The number of aromatic amines is 1. The second-order valence-corrected chi connectivity index (χ2v) is 5.49. The molecule has 0 aliphatic rings. The molecule has 1 heterocycles. The number of hydrogen-bond acceptors (Lipinski definition) is 3. The lowest BCUT2D eigenvalue weighted by Gasteiger charge is -2.04. The van der Waals surface area contributed by atoms with Gasteiger partial charge in [-0.3, -0.25) is 9.89 Å². The fourth-order valence-corrected chi connectivity index (χ4v) is 2.32. The molecule has 1 amide bonds. The van der Waals surface area contributed by atoms with Crippen molar-refractivity contribution in [1.29, 1.82) is 0 Å². The summed E-state index contributed by atoms with van der Waals surface area (Å²) >= 11 is 0. The minimum absolute atomic E-state index is 0.114. The summed E-state index contributed by atoms with van der Waals surface area (Å²) < 4.78 is 12.9. The van der Waals surface area contributed by atoms with E-state index in [0.29, 0.717) is 30.2 Å². The zero-order valence-corrected chi connectivity index (χ0v) is 13.2. The molecule has 3 rings (SSSR count). The van der Waals surface area contributed by atoms with E-state index < -0.39 is 0 Å². The van der Waals surface area contributed by atoms with E-state index in [1.807, 2.05) is 25.1 Å². The minimum Gasteiger partial charge on any atom is -0.352 e. The fraction of sp³-hybridized carbons (Fsp3) is 0.167. The van der Waals surface area contributed by atoms with Crippen LogP contribution in [-0.4, -0.2) is 27.6 Å². The van der Waals surface area contributed by atoms with E-state index in [1.54, 1.807) is 18.2 Å². The van der Waals surface area contributed by atoms with Gasteiger partial charge in [-0.1, -0.05) is 17.7 Å². The summed E-state index contributed by atoms with van der Waals surface area (Å²) in [6.45, 7) is 2.40. The van der Waals surface area contributed by atoms with Crippen LogP contribution in [0.5, 0.6) is 0 Å². The van der Waals surface area contributed by atoms with Crippen molar-refractivity contribution in [2.45, 2.75) is 13.3 Å². The van der Waals surface area contributed by atoms with Gasteiger partial charge in [0.15, 0.2) is 5.82 Å². The van der Waals surface area contributed by atoms with Gasteiger partial charge < -0.3 is 5.32 Å². The molecule has 6 heteroatoms. The number of benzene rings is 2. The van der Waals surface area contributed by atoms with Crippen molar-refractivity contribution in [1.82, 2.24) is 20.5 Å². The second-order valence-electron chi connectivity index (χ2n) is 5.49. The van der Waals surface area contributed by atoms with Crippen LogP contribution in [0.2, 0.25) is 0 Å². The maximum absolute atomic E-state index is 12.9. The predicted octanol–water partition coefficient (Wildman–Crippen LogP) is 2.89. The molecule has 0 aliphatic carbocycles. The predicted molar refractivity (Wildman–Crippen MR) is 89.0 cm³/mol. The summed E-state index contributed by atoms with van der Waals surface area (Å²) in [5.41, 5.74) is 2.42. The van der Waals surface area contributed by atoms with Crippen LogP contribution in [0.25, 0.3) is 11.4 Å². The largest absolute Gasteiger partial charge is 0.352 e. The first-order valence-electron chi connectivity index (χ1n) is 7.64. The summed E-state index contributed by atoms with van der Waals surface area (Å²) in [5.74, 6) is 0.763. The lowest BCUT2D eigenvalue weighted by Crippen LogP contribution is -2.26. The van der Waals surface area contributed by atoms with E-state index in [9.17, 15) is 9.18 Å². The van der Waals surface area contributed by atoms with Gasteiger partial charge in [-0.05, 0) is 43.3 Å². The zero-order chi connectivity index (χ0) is 16.9. The van der Waals surface area contributed by atoms with Crippen molar-refractivity contribution in [2.75, 3.05) is 6.54 Å². The third-order valence-corrected chi connectivity index (χ3v) is 3.56. The molecule has 0 saturated carbocycles. The summed E-state index contributed by atoms with van der Waals surface area (Å²) in [7, 11) is 0. The van der Waals surface area contributed by atoms with E-state index in [-0.39, 0.29) is 11.7 Å². The van der Waals surface area contributed by atoms with Gasteiger partial charge in [0.1, 0.15) is 11.6 Å². The van der Waals surface area contributed by atoms with Crippen LogP contribution in [0, 0.1) is 12.7 Å². The van der Waals surface area contributed by atoms with Crippen molar-refractivity contribution in [3.05, 3.63) is 71.3 Å². The molecule has 5 nitrogen and oxygen atoms in total. The molecule has 2 aromatic carbocycles.